The minimum atomic E-state index is 0.755. The highest BCUT2D eigenvalue weighted by Crippen LogP contribution is 2.31. The lowest BCUT2D eigenvalue weighted by molar-refractivity contribution is 0.334. The molecule has 0 aliphatic carbocycles. The quantitative estimate of drug-likeness (QED) is 0.723. The first-order valence-electron chi connectivity index (χ1n) is 7.14. The lowest BCUT2D eigenvalue weighted by Gasteiger charge is -2.34. The average molecular weight is 243 g/mol. The summed E-state index contributed by atoms with van der Waals surface area (Å²) in [5.74, 6) is 2.22. The van der Waals surface area contributed by atoms with Crippen molar-refractivity contribution in [3.05, 3.63) is 0 Å². The molecule has 1 fully saturated rings. The topological polar surface area (TPSA) is 12.0 Å². The average Bonchev–Trinajstić information content (AvgIpc) is 2.31. The van der Waals surface area contributed by atoms with Crippen molar-refractivity contribution in [2.45, 2.75) is 70.6 Å². The first kappa shape index (κ1) is 14.4. The van der Waals surface area contributed by atoms with Gasteiger partial charge < -0.3 is 5.32 Å². The number of hydrogen-bond acceptors (Lipinski definition) is 2. The van der Waals surface area contributed by atoms with Crippen molar-refractivity contribution in [3.63, 3.8) is 0 Å². The lowest BCUT2D eigenvalue weighted by atomic mass is 9.91. The van der Waals surface area contributed by atoms with Gasteiger partial charge in [0.05, 0.1) is 0 Å². The van der Waals surface area contributed by atoms with Crippen molar-refractivity contribution < 1.29 is 0 Å². The molecule has 0 aromatic rings. The number of nitrogens with one attached hydrogen (secondary N) is 1. The van der Waals surface area contributed by atoms with Crippen LogP contribution in [0.1, 0.15) is 59.3 Å². The fraction of sp³-hybridized carbons (Fsp3) is 1.00. The van der Waals surface area contributed by atoms with Crippen molar-refractivity contribution in [1.29, 1.82) is 0 Å². The molecule has 1 saturated heterocycles. The van der Waals surface area contributed by atoms with E-state index in [9.17, 15) is 0 Å². The number of thioether (sulfide) groups is 1. The van der Waals surface area contributed by atoms with Gasteiger partial charge in [-0.15, -0.1) is 0 Å². The maximum absolute atomic E-state index is 3.80. The van der Waals surface area contributed by atoms with Crippen LogP contribution in [0.25, 0.3) is 0 Å². The summed E-state index contributed by atoms with van der Waals surface area (Å²) in [5, 5.41) is 4.68. The fourth-order valence-electron chi connectivity index (χ4n) is 2.69. The van der Waals surface area contributed by atoms with Crippen LogP contribution in [0.5, 0.6) is 0 Å². The number of rotatable bonds is 7. The Hall–Kier alpha value is 0.310. The Balaban J connectivity index is 2.46. The molecule has 0 spiro atoms. The third kappa shape index (κ3) is 4.67. The second-order valence-electron chi connectivity index (χ2n) is 5.15. The molecule has 1 aliphatic heterocycles. The van der Waals surface area contributed by atoms with Gasteiger partial charge >= 0.3 is 0 Å². The highest BCUT2D eigenvalue weighted by Gasteiger charge is 2.27. The first-order chi connectivity index (χ1) is 7.79. The Labute approximate surface area is 106 Å². The van der Waals surface area contributed by atoms with Gasteiger partial charge in [0, 0.05) is 11.3 Å². The largest absolute Gasteiger partial charge is 0.313 e. The lowest BCUT2D eigenvalue weighted by Crippen LogP contribution is -2.44. The molecule has 0 aromatic carbocycles. The van der Waals surface area contributed by atoms with E-state index in [0.717, 1.165) is 17.2 Å². The molecule has 3 atom stereocenters. The monoisotopic (exact) mass is 243 g/mol. The second-order valence-corrected chi connectivity index (χ2v) is 6.50. The molecule has 96 valence electrons. The van der Waals surface area contributed by atoms with Crippen LogP contribution in [-0.4, -0.2) is 23.6 Å². The van der Waals surface area contributed by atoms with E-state index in [-0.39, 0.29) is 0 Å². The highest BCUT2D eigenvalue weighted by atomic mass is 32.2. The smallest absolute Gasteiger partial charge is 0.0212 e. The maximum Gasteiger partial charge on any atom is 0.0212 e. The number of hydrogen-bond donors (Lipinski definition) is 1. The first-order valence-corrected chi connectivity index (χ1v) is 8.19. The Morgan fingerprint density at radius 2 is 2.06 bits per heavy atom. The summed E-state index contributed by atoms with van der Waals surface area (Å²) in [5.41, 5.74) is 0. The third-order valence-electron chi connectivity index (χ3n) is 3.60. The van der Waals surface area contributed by atoms with Crippen LogP contribution in [0.2, 0.25) is 0 Å². The van der Waals surface area contributed by atoms with Gasteiger partial charge in [-0.25, -0.2) is 0 Å². The summed E-state index contributed by atoms with van der Waals surface area (Å²) >= 11 is 2.21. The summed E-state index contributed by atoms with van der Waals surface area (Å²) in [6, 6.07) is 0.755. The van der Waals surface area contributed by atoms with Gasteiger partial charge in [0.2, 0.25) is 0 Å². The molecule has 1 nitrogen and oxygen atoms in total. The van der Waals surface area contributed by atoms with E-state index in [4.69, 9.17) is 0 Å². The zero-order valence-electron chi connectivity index (χ0n) is 11.3. The molecule has 0 amide bonds. The van der Waals surface area contributed by atoms with E-state index < -0.39 is 0 Å². The van der Waals surface area contributed by atoms with E-state index in [0.29, 0.717) is 0 Å². The van der Waals surface area contributed by atoms with Crippen LogP contribution >= 0.6 is 11.8 Å². The standard InChI is InChI=1S/C14H29NS/c1-4-8-12(3)14(15-10-5-2)13-9-6-7-11-16-13/h12-15H,4-11H2,1-3H3. The van der Waals surface area contributed by atoms with E-state index in [1.165, 1.54) is 50.8 Å². The second kappa shape index (κ2) is 8.41. The van der Waals surface area contributed by atoms with Gasteiger partial charge in [-0.1, -0.05) is 33.6 Å². The summed E-state index contributed by atoms with van der Waals surface area (Å²) in [4.78, 5) is 0. The Morgan fingerprint density at radius 3 is 2.62 bits per heavy atom. The van der Waals surface area contributed by atoms with Crippen LogP contribution in [-0.2, 0) is 0 Å². The van der Waals surface area contributed by atoms with Crippen molar-refractivity contribution in [3.8, 4) is 0 Å². The molecule has 0 aromatic heterocycles. The summed E-state index contributed by atoms with van der Waals surface area (Å²) < 4.78 is 0. The molecule has 0 bridgehead atoms. The summed E-state index contributed by atoms with van der Waals surface area (Å²) in [6.07, 6.45) is 8.26. The molecule has 1 rings (SSSR count). The van der Waals surface area contributed by atoms with E-state index in [2.05, 4.69) is 37.8 Å². The van der Waals surface area contributed by atoms with E-state index >= 15 is 0 Å². The Bertz CT molecular complexity index is 166. The molecular weight excluding hydrogens is 214 g/mol. The zero-order valence-corrected chi connectivity index (χ0v) is 12.1. The molecule has 1 aliphatic rings. The van der Waals surface area contributed by atoms with Crippen molar-refractivity contribution in [2.75, 3.05) is 12.3 Å². The highest BCUT2D eigenvalue weighted by molar-refractivity contribution is 8.00. The van der Waals surface area contributed by atoms with E-state index in [1.54, 1.807) is 0 Å². The van der Waals surface area contributed by atoms with Gasteiger partial charge in [0.25, 0.3) is 0 Å². The van der Waals surface area contributed by atoms with Crippen LogP contribution in [0.3, 0.4) is 0 Å². The van der Waals surface area contributed by atoms with Gasteiger partial charge in [-0.05, 0) is 43.9 Å². The van der Waals surface area contributed by atoms with Gasteiger partial charge in [0.1, 0.15) is 0 Å². The molecule has 1 N–H and O–H groups in total. The summed E-state index contributed by atoms with van der Waals surface area (Å²) in [7, 11) is 0. The molecule has 0 radical (unpaired) electrons. The van der Waals surface area contributed by atoms with Crippen molar-refractivity contribution in [2.24, 2.45) is 5.92 Å². The maximum atomic E-state index is 3.80. The zero-order chi connectivity index (χ0) is 11.8. The normalized spacial score (nSPS) is 25.3. The minimum Gasteiger partial charge on any atom is -0.313 e. The SMILES string of the molecule is CCCNC(C(C)CCC)C1CCCCS1. The van der Waals surface area contributed by atoms with Gasteiger partial charge in [-0.3, -0.25) is 0 Å². The van der Waals surface area contributed by atoms with Crippen LogP contribution in [0, 0.1) is 5.92 Å². The van der Waals surface area contributed by atoms with Crippen molar-refractivity contribution in [1.82, 2.24) is 5.32 Å². The Kier molecular flexibility index (Phi) is 7.55. The van der Waals surface area contributed by atoms with E-state index in [1.807, 2.05) is 0 Å². The van der Waals surface area contributed by atoms with Gasteiger partial charge in [0.15, 0.2) is 0 Å². The molecule has 2 heteroatoms. The minimum absolute atomic E-state index is 0.755. The van der Waals surface area contributed by atoms with Gasteiger partial charge in [-0.2, -0.15) is 11.8 Å². The molecule has 3 unspecified atom stereocenters. The van der Waals surface area contributed by atoms with Crippen LogP contribution < -0.4 is 5.32 Å². The molecule has 1 heterocycles. The predicted octanol–water partition coefficient (Wildman–Crippen LogP) is 4.08. The predicted molar refractivity (Wildman–Crippen MR) is 76.3 cm³/mol. The molecular formula is C14H29NS. The summed E-state index contributed by atoms with van der Waals surface area (Å²) in [6.45, 7) is 8.20. The molecule has 16 heavy (non-hydrogen) atoms. The third-order valence-corrected chi connectivity index (χ3v) is 5.08. The van der Waals surface area contributed by atoms with Crippen LogP contribution in [0.15, 0.2) is 0 Å². The van der Waals surface area contributed by atoms with Crippen molar-refractivity contribution >= 4 is 11.8 Å². The van der Waals surface area contributed by atoms with Crippen LogP contribution in [0.4, 0.5) is 0 Å². The Morgan fingerprint density at radius 1 is 1.25 bits per heavy atom. The molecule has 0 saturated carbocycles. The fourth-order valence-corrected chi connectivity index (χ4v) is 4.27.